The third-order valence-corrected chi connectivity index (χ3v) is 3.99. The Morgan fingerprint density at radius 2 is 1.77 bits per heavy atom. The molecular formula is C16H28N2O4. The number of rotatable bonds is 7. The summed E-state index contributed by atoms with van der Waals surface area (Å²) in [7, 11) is 0. The highest BCUT2D eigenvalue weighted by molar-refractivity contribution is 5.88. The zero-order valence-electron chi connectivity index (χ0n) is 13.9. The van der Waals surface area contributed by atoms with Gasteiger partial charge in [-0.2, -0.15) is 0 Å². The van der Waals surface area contributed by atoms with Crippen molar-refractivity contribution in [1.29, 1.82) is 0 Å². The van der Waals surface area contributed by atoms with E-state index in [0.29, 0.717) is 25.7 Å². The van der Waals surface area contributed by atoms with E-state index in [4.69, 9.17) is 5.11 Å². The Kier molecular flexibility index (Phi) is 6.84. The number of aliphatic carboxylic acids is 1. The van der Waals surface area contributed by atoms with E-state index in [-0.39, 0.29) is 35.6 Å². The van der Waals surface area contributed by atoms with Gasteiger partial charge in [-0.15, -0.1) is 0 Å². The minimum absolute atomic E-state index is 0.0206. The molecule has 22 heavy (non-hydrogen) atoms. The van der Waals surface area contributed by atoms with Gasteiger partial charge in [-0.25, -0.2) is 0 Å². The molecule has 0 aromatic carbocycles. The van der Waals surface area contributed by atoms with Crippen LogP contribution in [0.25, 0.3) is 0 Å². The molecule has 0 spiro atoms. The molecule has 0 radical (unpaired) electrons. The minimum atomic E-state index is -0.803. The van der Waals surface area contributed by atoms with Gasteiger partial charge in [-0.1, -0.05) is 27.7 Å². The molecule has 0 heterocycles. The molecule has 0 bridgehead atoms. The van der Waals surface area contributed by atoms with Gasteiger partial charge in [-0.3, -0.25) is 14.4 Å². The smallest absolute Gasteiger partial charge is 0.306 e. The summed E-state index contributed by atoms with van der Waals surface area (Å²) in [6, 6.07) is -0.688. The van der Waals surface area contributed by atoms with Gasteiger partial charge in [-0.05, 0) is 31.1 Å². The van der Waals surface area contributed by atoms with Crippen molar-refractivity contribution >= 4 is 17.8 Å². The van der Waals surface area contributed by atoms with Crippen molar-refractivity contribution in [3.63, 3.8) is 0 Å². The second-order valence-corrected chi connectivity index (χ2v) is 6.94. The molecular weight excluding hydrogens is 284 g/mol. The largest absolute Gasteiger partial charge is 0.481 e. The lowest BCUT2D eigenvalue weighted by Crippen LogP contribution is -2.51. The van der Waals surface area contributed by atoms with E-state index in [9.17, 15) is 14.4 Å². The van der Waals surface area contributed by atoms with Crippen molar-refractivity contribution in [1.82, 2.24) is 10.6 Å². The molecule has 3 atom stereocenters. The number of nitrogens with one attached hydrogen (secondary N) is 2. The lowest BCUT2D eigenvalue weighted by atomic mass is 10.0. The van der Waals surface area contributed by atoms with Crippen molar-refractivity contribution in [3.05, 3.63) is 0 Å². The van der Waals surface area contributed by atoms with E-state index in [1.807, 2.05) is 27.7 Å². The van der Waals surface area contributed by atoms with E-state index in [1.165, 1.54) is 0 Å². The van der Waals surface area contributed by atoms with Crippen molar-refractivity contribution in [2.45, 2.75) is 65.5 Å². The first-order valence-corrected chi connectivity index (χ1v) is 8.03. The van der Waals surface area contributed by atoms with Gasteiger partial charge in [0, 0.05) is 12.5 Å². The number of amides is 2. The molecule has 1 aliphatic carbocycles. The first-order valence-electron chi connectivity index (χ1n) is 8.03. The molecule has 2 amide bonds. The first-order chi connectivity index (χ1) is 10.2. The highest BCUT2D eigenvalue weighted by Crippen LogP contribution is 2.25. The van der Waals surface area contributed by atoms with Crippen LogP contribution in [0.2, 0.25) is 0 Å². The Bertz CT molecular complexity index is 420. The van der Waals surface area contributed by atoms with E-state index < -0.39 is 12.0 Å². The van der Waals surface area contributed by atoms with Crippen LogP contribution in [0.1, 0.15) is 53.4 Å². The van der Waals surface area contributed by atoms with Crippen molar-refractivity contribution < 1.29 is 19.5 Å². The lowest BCUT2D eigenvalue weighted by Gasteiger charge is -2.24. The van der Waals surface area contributed by atoms with Crippen LogP contribution < -0.4 is 10.6 Å². The van der Waals surface area contributed by atoms with Gasteiger partial charge >= 0.3 is 5.97 Å². The van der Waals surface area contributed by atoms with Crippen LogP contribution in [0, 0.1) is 17.8 Å². The normalized spacial score (nSPS) is 22.6. The number of hydrogen-bond donors (Lipinski definition) is 3. The predicted molar refractivity (Wildman–Crippen MR) is 83.1 cm³/mol. The van der Waals surface area contributed by atoms with Gasteiger partial charge in [0.2, 0.25) is 11.8 Å². The fourth-order valence-electron chi connectivity index (χ4n) is 2.77. The SMILES string of the molecule is CC(C)CC(=O)NC(C(=O)N[C@@H]1CC[C@H](C(=O)O)C1)C(C)C. The third kappa shape index (κ3) is 5.66. The zero-order valence-corrected chi connectivity index (χ0v) is 13.9. The second-order valence-electron chi connectivity index (χ2n) is 6.94. The van der Waals surface area contributed by atoms with E-state index in [2.05, 4.69) is 10.6 Å². The molecule has 0 aromatic rings. The Balaban J connectivity index is 2.55. The lowest BCUT2D eigenvalue weighted by molar-refractivity contribution is -0.141. The molecule has 1 rings (SSSR count). The quantitative estimate of drug-likeness (QED) is 0.664. The monoisotopic (exact) mass is 312 g/mol. The van der Waals surface area contributed by atoms with Crippen LogP contribution in [-0.2, 0) is 14.4 Å². The predicted octanol–water partition coefficient (Wildman–Crippen LogP) is 1.54. The number of carbonyl (C=O) groups excluding carboxylic acids is 2. The third-order valence-electron chi connectivity index (χ3n) is 3.99. The highest BCUT2D eigenvalue weighted by Gasteiger charge is 2.33. The molecule has 6 heteroatoms. The molecule has 0 aliphatic heterocycles. The summed E-state index contributed by atoms with van der Waals surface area (Å²) in [5, 5.41) is 14.7. The van der Waals surface area contributed by atoms with Crippen molar-refractivity contribution in [2.75, 3.05) is 0 Å². The number of carbonyl (C=O) groups is 3. The standard InChI is InChI=1S/C16H28N2O4/c1-9(2)7-13(19)18-14(10(3)4)15(20)17-12-6-5-11(8-12)16(21)22/h9-12,14H,5-8H2,1-4H3,(H,17,20)(H,18,19)(H,21,22)/t11-,12+,14?/m0/s1. The molecule has 3 N–H and O–H groups in total. The molecule has 6 nitrogen and oxygen atoms in total. The van der Waals surface area contributed by atoms with Crippen LogP contribution in [0.3, 0.4) is 0 Å². The van der Waals surface area contributed by atoms with Gasteiger partial charge in [0.25, 0.3) is 0 Å². The zero-order chi connectivity index (χ0) is 16.9. The van der Waals surface area contributed by atoms with Crippen LogP contribution in [-0.4, -0.2) is 35.0 Å². The maximum absolute atomic E-state index is 12.4. The van der Waals surface area contributed by atoms with Gasteiger partial charge in [0.15, 0.2) is 0 Å². The van der Waals surface area contributed by atoms with Gasteiger partial charge < -0.3 is 15.7 Å². The minimum Gasteiger partial charge on any atom is -0.481 e. The molecule has 1 saturated carbocycles. The topological polar surface area (TPSA) is 95.5 Å². The summed E-state index contributed by atoms with van der Waals surface area (Å²) >= 11 is 0. The van der Waals surface area contributed by atoms with E-state index in [0.717, 1.165) is 0 Å². The highest BCUT2D eigenvalue weighted by atomic mass is 16.4. The summed E-state index contributed by atoms with van der Waals surface area (Å²) in [6.07, 6.45) is 2.12. The second kappa shape index (κ2) is 8.15. The number of carboxylic acid groups (broad SMARTS) is 1. The summed E-state index contributed by atoms with van der Waals surface area (Å²) in [5.74, 6) is -1.31. The van der Waals surface area contributed by atoms with Gasteiger partial charge in [0.1, 0.15) is 6.04 Å². The molecule has 126 valence electrons. The van der Waals surface area contributed by atoms with E-state index >= 15 is 0 Å². The van der Waals surface area contributed by atoms with Crippen LogP contribution in [0.4, 0.5) is 0 Å². The van der Waals surface area contributed by atoms with Gasteiger partial charge in [0.05, 0.1) is 5.92 Å². The molecule has 1 fully saturated rings. The van der Waals surface area contributed by atoms with Crippen LogP contribution in [0.15, 0.2) is 0 Å². The fraction of sp³-hybridized carbons (Fsp3) is 0.812. The number of carboxylic acids is 1. The Morgan fingerprint density at radius 1 is 1.14 bits per heavy atom. The summed E-state index contributed by atoms with van der Waals surface area (Å²) in [4.78, 5) is 35.2. The van der Waals surface area contributed by atoms with E-state index in [1.54, 1.807) is 0 Å². The maximum atomic E-state index is 12.4. The number of hydrogen-bond acceptors (Lipinski definition) is 3. The van der Waals surface area contributed by atoms with Crippen LogP contribution in [0.5, 0.6) is 0 Å². The molecule has 0 aromatic heterocycles. The maximum Gasteiger partial charge on any atom is 0.306 e. The summed E-state index contributed by atoms with van der Waals surface area (Å²) in [6.45, 7) is 7.67. The van der Waals surface area contributed by atoms with Crippen molar-refractivity contribution in [3.8, 4) is 0 Å². The summed E-state index contributed by atoms with van der Waals surface area (Å²) in [5.41, 5.74) is 0. The Morgan fingerprint density at radius 3 is 2.23 bits per heavy atom. The van der Waals surface area contributed by atoms with Crippen LogP contribution >= 0.6 is 0 Å². The average Bonchev–Trinajstić information content (AvgIpc) is 2.83. The Labute approximate surface area is 132 Å². The molecule has 1 aliphatic rings. The Hall–Kier alpha value is -1.59. The molecule has 1 unspecified atom stereocenters. The van der Waals surface area contributed by atoms with Crippen molar-refractivity contribution in [2.24, 2.45) is 17.8 Å². The fourth-order valence-corrected chi connectivity index (χ4v) is 2.77. The molecule has 0 saturated heterocycles. The first kappa shape index (κ1) is 18.5. The average molecular weight is 312 g/mol. The summed E-state index contributed by atoms with van der Waals surface area (Å²) < 4.78 is 0.